The fourth-order valence-corrected chi connectivity index (χ4v) is 6.03. The Bertz CT molecular complexity index is 1350. The van der Waals surface area contributed by atoms with Gasteiger partial charge in [-0.3, -0.25) is 4.79 Å². The van der Waals surface area contributed by atoms with Crippen molar-refractivity contribution in [2.45, 2.75) is 49.8 Å². The molecule has 3 aromatic rings. The van der Waals surface area contributed by atoms with Crippen LogP contribution in [0.1, 0.15) is 55.7 Å². The summed E-state index contributed by atoms with van der Waals surface area (Å²) in [4.78, 5) is 18.6. The van der Waals surface area contributed by atoms with Crippen molar-refractivity contribution in [3.05, 3.63) is 68.6 Å². The summed E-state index contributed by atoms with van der Waals surface area (Å²) in [7, 11) is -1.37. The number of benzene rings is 2. The molecule has 0 saturated heterocycles. The van der Waals surface area contributed by atoms with E-state index in [9.17, 15) is 9.00 Å². The summed E-state index contributed by atoms with van der Waals surface area (Å²) in [5, 5.41) is 4.29. The van der Waals surface area contributed by atoms with Gasteiger partial charge in [-0.25, -0.2) is 13.9 Å². The van der Waals surface area contributed by atoms with Crippen LogP contribution < -0.4 is 19.5 Å². The molecule has 1 saturated carbocycles. The van der Waals surface area contributed by atoms with E-state index in [0.717, 1.165) is 28.8 Å². The number of rotatable bonds is 7. The summed E-state index contributed by atoms with van der Waals surface area (Å²) in [6.45, 7) is 5.87. The lowest BCUT2D eigenvalue weighted by atomic mass is 9.94. The van der Waals surface area contributed by atoms with Gasteiger partial charge in [-0.05, 0) is 69.0 Å². The monoisotopic (exact) mass is 565 g/mol. The number of anilines is 1. The Labute approximate surface area is 226 Å². The predicted octanol–water partition coefficient (Wildman–Crippen LogP) is 5.99. The molecule has 7 nitrogen and oxygen atoms in total. The number of hydrogen-bond donors (Lipinski definition) is 2. The van der Waals surface area contributed by atoms with Crippen LogP contribution in [0.5, 0.6) is 11.5 Å². The normalized spacial score (nSPS) is 17.5. The number of fused-ring (bicyclic) bond motifs is 1. The van der Waals surface area contributed by atoms with Gasteiger partial charge in [0.1, 0.15) is 0 Å². The maximum absolute atomic E-state index is 13.3. The van der Waals surface area contributed by atoms with Crippen molar-refractivity contribution >= 4 is 56.6 Å². The third kappa shape index (κ3) is 4.99. The minimum absolute atomic E-state index is 0.112. The summed E-state index contributed by atoms with van der Waals surface area (Å²) in [5.41, 5.74) is 1.08. The zero-order valence-corrected chi connectivity index (χ0v) is 23.0. The molecule has 0 radical (unpaired) electrons. The van der Waals surface area contributed by atoms with E-state index < -0.39 is 27.2 Å². The number of hydrogen-bond acceptors (Lipinski definition) is 6. The van der Waals surface area contributed by atoms with E-state index >= 15 is 0 Å². The first kappa shape index (κ1) is 25.5. The van der Waals surface area contributed by atoms with Gasteiger partial charge in [-0.15, -0.1) is 0 Å². The quantitative estimate of drug-likeness (QED) is 0.367. The Balaban J connectivity index is 1.38. The highest BCUT2D eigenvalue weighted by Gasteiger charge is 2.52. The second kappa shape index (κ2) is 9.61. The first-order valence-corrected chi connectivity index (χ1v) is 14.1. The van der Waals surface area contributed by atoms with E-state index in [4.69, 9.17) is 32.7 Å². The molecule has 1 fully saturated rings. The number of amides is 1. The Morgan fingerprint density at radius 2 is 1.86 bits per heavy atom. The molecule has 11 heteroatoms. The minimum atomic E-state index is -1.37. The van der Waals surface area contributed by atoms with Crippen LogP contribution in [0.4, 0.5) is 5.13 Å². The van der Waals surface area contributed by atoms with Gasteiger partial charge in [-0.2, -0.15) is 0 Å². The van der Waals surface area contributed by atoms with E-state index in [0.29, 0.717) is 26.7 Å². The lowest BCUT2D eigenvalue weighted by Crippen LogP contribution is -2.36. The van der Waals surface area contributed by atoms with Gasteiger partial charge in [0, 0.05) is 11.1 Å². The van der Waals surface area contributed by atoms with Gasteiger partial charge < -0.3 is 14.8 Å². The molecule has 1 amide bonds. The van der Waals surface area contributed by atoms with Crippen molar-refractivity contribution in [1.82, 2.24) is 9.71 Å². The van der Waals surface area contributed by atoms with Crippen LogP contribution >= 0.6 is 34.5 Å². The van der Waals surface area contributed by atoms with Crippen molar-refractivity contribution in [2.24, 2.45) is 0 Å². The second-order valence-electron chi connectivity index (χ2n) is 9.78. The molecule has 0 bridgehead atoms. The van der Waals surface area contributed by atoms with Crippen molar-refractivity contribution in [1.29, 1.82) is 0 Å². The van der Waals surface area contributed by atoms with E-state index in [2.05, 4.69) is 15.0 Å². The van der Waals surface area contributed by atoms with Gasteiger partial charge in [0.2, 0.25) is 12.7 Å². The Morgan fingerprint density at radius 1 is 1.11 bits per heavy atom. The van der Waals surface area contributed by atoms with Crippen molar-refractivity contribution < 1.29 is 18.5 Å². The molecule has 2 aromatic carbocycles. The molecule has 1 aliphatic heterocycles. The van der Waals surface area contributed by atoms with E-state index in [1.807, 2.05) is 45.0 Å². The number of carbonyl (C=O) groups is 1. The van der Waals surface area contributed by atoms with Crippen molar-refractivity contribution in [2.75, 3.05) is 12.1 Å². The molecule has 0 spiro atoms. The molecule has 190 valence electrons. The maximum Gasteiger partial charge on any atom is 0.236 e. The molecule has 2 aliphatic rings. The van der Waals surface area contributed by atoms with Gasteiger partial charge in [0.05, 0.1) is 37.2 Å². The van der Waals surface area contributed by atoms with Gasteiger partial charge >= 0.3 is 0 Å². The molecular formula is C25H25Cl2N3O4S2. The largest absolute Gasteiger partial charge is 0.454 e. The number of aromatic nitrogens is 1. The molecule has 2 heterocycles. The topological polar surface area (TPSA) is 89.6 Å². The van der Waals surface area contributed by atoms with Crippen LogP contribution in [0.25, 0.3) is 0 Å². The van der Waals surface area contributed by atoms with Crippen LogP contribution in [-0.2, 0) is 21.2 Å². The maximum atomic E-state index is 13.3. The average molecular weight is 567 g/mol. The summed E-state index contributed by atoms with van der Waals surface area (Å²) < 4.78 is 26.6. The first-order valence-electron chi connectivity index (χ1n) is 11.4. The fourth-order valence-electron chi connectivity index (χ4n) is 3.93. The summed E-state index contributed by atoms with van der Waals surface area (Å²) in [6, 6.07) is 10.5. The number of thiazole rings is 1. The van der Waals surface area contributed by atoms with Crippen molar-refractivity contribution in [3.8, 4) is 11.5 Å². The lowest BCUT2D eigenvalue weighted by Gasteiger charge is -2.24. The molecular weight excluding hydrogens is 541 g/mol. The Hall–Kier alpha value is -2.17. The molecule has 2 unspecified atom stereocenters. The van der Waals surface area contributed by atoms with Gasteiger partial charge in [0.25, 0.3) is 0 Å². The van der Waals surface area contributed by atoms with E-state index in [-0.39, 0.29) is 12.7 Å². The van der Waals surface area contributed by atoms with Crippen LogP contribution in [0.3, 0.4) is 0 Å². The number of ether oxygens (including phenoxy) is 2. The van der Waals surface area contributed by atoms with E-state index in [1.54, 1.807) is 18.3 Å². The summed E-state index contributed by atoms with van der Waals surface area (Å²) in [6.07, 6.45) is 3.17. The lowest BCUT2D eigenvalue weighted by molar-refractivity contribution is -0.118. The molecule has 36 heavy (non-hydrogen) atoms. The molecule has 1 aromatic heterocycles. The number of nitrogens with zero attached hydrogens (tertiary/aromatic N) is 1. The minimum Gasteiger partial charge on any atom is -0.454 e. The third-order valence-electron chi connectivity index (χ3n) is 6.20. The fraction of sp³-hybridized carbons (Fsp3) is 0.360. The highest BCUT2D eigenvalue weighted by Crippen LogP contribution is 2.51. The number of carbonyl (C=O) groups excluding carboxylic acids is 1. The SMILES string of the molecule is CC(C)(C)S(=O)NC(c1ccc(Cl)c(Cl)c1)c1cnc(NC(=O)C2(c3ccc4c(c3)OCO4)CC2)s1. The van der Waals surface area contributed by atoms with E-state index in [1.165, 1.54) is 11.3 Å². The van der Waals surface area contributed by atoms with Gasteiger partial charge in [-0.1, -0.05) is 46.7 Å². The smallest absolute Gasteiger partial charge is 0.236 e. The standard InChI is InChI=1S/C25H25Cl2N3O4S2/c1-24(2,3)36(32)30-21(14-4-6-16(26)17(27)10-14)20-12-28-23(35-20)29-22(31)25(8-9-25)15-5-7-18-19(11-15)34-13-33-18/h4-7,10-12,21,30H,8-9,13H2,1-3H3,(H,28,29,31). The Morgan fingerprint density at radius 3 is 2.56 bits per heavy atom. The van der Waals surface area contributed by atoms with Crippen molar-refractivity contribution in [3.63, 3.8) is 0 Å². The van der Waals surface area contributed by atoms with Crippen LogP contribution in [0.15, 0.2) is 42.6 Å². The zero-order chi connectivity index (χ0) is 25.7. The highest BCUT2D eigenvalue weighted by molar-refractivity contribution is 7.84. The van der Waals surface area contributed by atoms with Gasteiger partial charge in [0.15, 0.2) is 16.6 Å². The van der Waals surface area contributed by atoms with Crippen LogP contribution in [-0.4, -0.2) is 26.6 Å². The third-order valence-corrected chi connectivity index (χ3v) is 9.48. The summed E-state index contributed by atoms with van der Waals surface area (Å²) >= 11 is 13.7. The second-order valence-corrected chi connectivity index (χ2v) is 13.7. The molecule has 2 N–H and O–H groups in total. The van der Waals surface area contributed by atoms with Crippen LogP contribution in [0.2, 0.25) is 10.0 Å². The number of halogens is 2. The molecule has 1 aliphatic carbocycles. The highest BCUT2D eigenvalue weighted by atomic mass is 35.5. The first-order chi connectivity index (χ1) is 17.1. The average Bonchev–Trinajstić information content (AvgIpc) is 3.29. The Kier molecular flexibility index (Phi) is 6.80. The van der Waals surface area contributed by atoms with Crippen LogP contribution in [0, 0.1) is 0 Å². The molecule has 5 rings (SSSR count). The molecule has 2 atom stereocenters. The number of nitrogens with one attached hydrogen (secondary N) is 2. The summed E-state index contributed by atoms with van der Waals surface area (Å²) in [5.74, 6) is 1.23. The predicted molar refractivity (Wildman–Crippen MR) is 144 cm³/mol. The zero-order valence-electron chi connectivity index (χ0n) is 19.9.